The number of carbonyl (C=O) groups excluding carboxylic acids is 2. The summed E-state index contributed by atoms with van der Waals surface area (Å²) >= 11 is 0. The molecule has 1 amide bonds. The third-order valence-corrected chi connectivity index (χ3v) is 1.42. The number of ether oxygens (including phenoxy) is 1. The number of hydrogen-bond acceptors (Lipinski definition) is 3. The quantitative estimate of drug-likeness (QED) is 0.392. The highest BCUT2D eigenvalue weighted by molar-refractivity contribution is 5.86. The molecule has 1 N–H and O–H groups in total. The fraction of sp³-hybridized carbons (Fsp3) is 0.600. The van der Waals surface area contributed by atoms with Gasteiger partial charge in [-0.05, 0) is 12.0 Å². The minimum Gasteiger partial charge on any atom is -0.464 e. The van der Waals surface area contributed by atoms with Crippen LogP contribution in [0.2, 0.25) is 0 Å². The summed E-state index contributed by atoms with van der Waals surface area (Å²) in [6.07, 6.45) is 1.59. The zero-order valence-electron chi connectivity index (χ0n) is 8.71. The molecule has 0 spiro atoms. The fourth-order valence-corrected chi connectivity index (χ4v) is 0.804. The summed E-state index contributed by atoms with van der Waals surface area (Å²) in [5.41, 5.74) is 0. The fourth-order valence-electron chi connectivity index (χ4n) is 0.804. The van der Waals surface area contributed by atoms with Gasteiger partial charge in [0.05, 0.1) is 6.54 Å². The Bertz CT molecular complexity index is 211. The van der Waals surface area contributed by atoms with E-state index in [0.717, 1.165) is 0 Å². The Kier molecular flexibility index (Phi) is 6.45. The van der Waals surface area contributed by atoms with Crippen LogP contribution in [0.5, 0.6) is 0 Å². The molecule has 0 saturated heterocycles. The zero-order valence-corrected chi connectivity index (χ0v) is 8.71. The maximum absolute atomic E-state index is 11.0. The van der Waals surface area contributed by atoms with E-state index in [0.29, 0.717) is 18.9 Å². The first-order valence-electron chi connectivity index (χ1n) is 4.62. The standard InChI is InChI=1S/C10H17NO3/c1-4-9(12)11-5-6-14-10(13)7-8(2)3/h4,8H,1,5-7H2,2-3H3,(H,11,12). The van der Waals surface area contributed by atoms with Crippen LogP contribution in [0.15, 0.2) is 12.7 Å². The molecule has 0 bridgehead atoms. The van der Waals surface area contributed by atoms with Crippen LogP contribution in [0.1, 0.15) is 20.3 Å². The second-order valence-corrected chi connectivity index (χ2v) is 3.31. The summed E-state index contributed by atoms with van der Waals surface area (Å²) < 4.78 is 4.86. The van der Waals surface area contributed by atoms with E-state index >= 15 is 0 Å². The Labute approximate surface area is 84.3 Å². The van der Waals surface area contributed by atoms with Crippen LogP contribution in [-0.2, 0) is 14.3 Å². The molecule has 80 valence electrons. The summed E-state index contributed by atoms with van der Waals surface area (Å²) in [6.45, 7) is 7.73. The predicted octanol–water partition coefficient (Wildman–Crippen LogP) is 0.878. The lowest BCUT2D eigenvalue weighted by Gasteiger charge is -2.06. The smallest absolute Gasteiger partial charge is 0.306 e. The topological polar surface area (TPSA) is 55.4 Å². The van der Waals surface area contributed by atoms with E-state index < -0.39 is 0 Å². The van der Waals surface area contributed by atoms with Gasteiger partial charge >= 0.3 is 5.97 Å². The molecular formula is C10H17NO3. The lowest BCUT2D eigenvalue weighted by atomic mass is 10.1. The Morgan fingerprint density at radius 2 is 2.14 bits per heavy atom. The Balaban J connectivity index is 3.40. The van der Waals surface area contributed by atoms with Crippen molar-refractivity contribution in [2.45, 2.75) is 20.3 Å². The molecule has 0 aliphatic carbocycles. The van der Waals surface area contributed by atoms with Gasteiger partial charge in [0, 0.05) is 6.42 Å². The predicted molar refractivity (Wildman–Crippen MR) is 53.6 cm³/mol. The number of amides is 1. The Hall–Kier alpha value is -1.32. The van der Waals surface area contributed by atoms with Crippen LogP contribution in [0.3, 0.4) is 0 Å². The van der Waals surface area contributed by atoms with Crippen LogP contribution in [0.4, 0.5) is 0 Å². The van der Waals surface area contributed by atoms with Crippen molar-refractivity contribution in [2.24, 2.45) is 5.92 Å². The molecule has 0 rings (SSSR count). The van der Waals surface area contributed by atoms with Crippen molar-refractivity contribution in [3.05, 3.63) is 12.7 Å². The molecule has 4 heteroatoms. The molecule has 14 heavy (non-hydrogen) atoms. The van der Waals surface area contributed by atoms with E-state index in [4.69, 9.17) is 4.74 Å². The highest BCUT2D eigenvalue weighted by Crippen LogP contribution is 2.00. The summed E-state index contributed by atoms with van der Waals surface area (Å²) in [4.78, 5) is 21.7. The summed E-state index contributed by atoms with van der Waals surface area (Å²) in [5.74, 6) is -0.192. The maximum Gasteiger partial charge on any atom is 0.306 e. The van der Waals surface area contributed by atoms with Gasteiger partial charge in [-0.15, -0.1) is 0 Å². The highest BCUT2D eigenvalue weighted by Gasteiger charge is 2.05. The van der Waals surface area contributed by atoms with Crippen molar-refractivity contribution >= 4 is 11.9 Å². The van der Waals surface area contributed by atoms with Gasteiger partial charge in [-0.1, -0.05) is 20.4 Å². The van der Waals surface area contributed by atoms with Crippen molar-refractivity contribution in [3.8, 4) is 0 Å². The lowest BCUT2D eigenvalue weighted by Crippen LogP contribution is -2.26. The lowest BCUT2D eigenvalue weighted by molar-refractivity contribution is -0.144. The third-order valence-electron chi connectivity index (χ3n) is 1.42. The third kappa shape index (κ3) is 7.34. The van der Waals surface area contributed by atoms with Gasteiger partial charge in [-0.3, -0.25) is 9.59 Å². The number of esters is 1. The Morgan fingerprint density at radius 1 is 1.50 bits per heavy atom. The van der Waals surface area contributed by atoms with Crippen LogP contribution < -0.4 is 5.32 Å². The minimum atomic E-state index is -0.259. The molecule has 0 heterocycles. The molecule has 0 aliphatic heterocycles. The average Bonchev–Trinajstić information content (AvgIpc) is 2.10. The monoisotopic (exact) mass is 199 g/mol. The molecule has 0 unspecified atom stereocenters. The largest absolute Gasteiger partial charge is 0.464 e. The number of carbonyl (C=O) groups is 2. The first-order chi connectivity index (χ1) is 6.56. The van der Waals surface area contributed by atoms with Crippen LogP contribution in [0, 0.1) is 5.92 Å². The van der Waals surface area contributed by atoms with E-state index in [1.54, 1.807) is 0 Å². The first-order valence-corrected chi connectivity index (χ1v) is 4.62. The number of rotatable bonds is 6. The van der Waals surface area contributed by atoms with Gasteiger partial charge in [-0.25, -0.2) is 0 Å². The molecule has 0 fully saturated rings. The van der Waals surface area contributed by atoms with Gasteiger partial charge < -0.3 is 10.1 Å². The van der Waals surface area contributed by atoms with Gasteiger partial charge in [0.1, 0.15) is 6.61 Å². The summed E-state index contributed by atoms with van der Waals surface area (Å²) in [5, 5.41) is 2.51. The molecule has 0 aromatic carbocycles. The second kappa shape index (κ2) is 7.12. The van der Waals surface area contributed by atoms with Gasteiger partial charge in [-0.2, -0.15) is 0 Å². The normalized spacial score (nSPS) is 9.64. The van der Waals surface area contributed by atoms with Crippen molar-refractivity contribution in [1.82, 2.24) is 5.32 Å². The molecule has 0 saturated carbocycles. The van der Waals surface area contributed by atoms with E-state index in [2.05, 4.69) is 11.9 Å². The van der Waals surface area contributed by atoms with Gasteiger partial charge in [0.2, 0.25) is 5.91 Å². The van der Waals surface area contributed by atoms with Gasteiger partial charge in [0.25, 0.3) is 0 Å². The SMILES string of the molecule is C=CC(=O)NCCOC(=O)CC(C)C. The van der Waals surface area contributed by atoms with Crippen molar-refractivity contribution in [1.29, 1.82) is 0 Å². The molecule has 0 atom stereocenters. The molecule has 0 radical (unpaired) electrons. The number of hydrogen-bond donors (Lipinski definition) is 1. The van der Waals surface area contributed by atoms with Crippen LogP contribution in [0.25, 0.3) is 0 Å². The maximum atomic E-state index is 11.0. The molecular weight excluding hydrogens is 182 g/mol. The average molecular weight is 199 g/mol. The second-order valence-electron chi connectivity index (χ2n) is 3.31. The zero-order chi connectivity index (χ0) is 11.0. The first kappa shape index (κ1) is 12.7. The van der Waals surface area contributed by atoms with Crippen molar-refractivity contribution in [3.63, 3.8) is 0 Å². The number of nitrogens with one attached hydrogen (secondary N) is 1. The molecule has 0 aliphatic rings. The van der Waals surface area contributed by atoms with Crippen molar-refractivity contribution in [2.75, 3.05) is 13.2 Å². The van der Waals surface area contributed by atoms with Crippen molar-refractivity contribution < 1.29 is 14.3 Å². The van der Waals surface area contributed by atoms with E-state index in [9.17, 15) is 9.59 Å². The van der Waals surface area contributed by atoms with Gasteiger partial charge in [0.15, 0.2) is 0 Å². The minimum absolute atomic E-state index is 0.213. The van der Waals surface area contributed by atoms with E-state index in [1.165, 1.54) is 6.08 Å². The van der Waals surface area contributed by atoms with Crippen LogP contribution >= 0.6 is 0 Å². The highest BCUT2D eigenvalue weighted by atomic mass is 16.5. The van der Waals surface area contributed by atoms with E-state index in [1.807, 2.05) is 13.8 Å². The summed E-state index contributed by atoms with van der Waals surface area (Å²) in [6, 6.07) is 0. The van der Waals surface area contributed by atoms with E-state index in [-0.39, 0.29) is 18.5 Å². The molecule has 0 aromatic rings. The molecule has 4 nitrogen and oxygen atoms in total. The van der Waals surface area contributed by atoms with Crippen LogP contribution in [-0.4, -0.2) is 25.0 Å². The summed E-state index contributed by atoms with van der Waals surface area (Å²) in [7, 11) is 0. The molecule has 0 aromatic heterocycles. The Morgan fingerprint density at radius 3 is 2.64 bits per heavy atom.